The number of halogens is 1. The third-order valence-electron chi connectivity index (χ3n) is 5.52. The van der Waals surface area contributed by atoms with Crippen LogP contribution in [0.15, 0.2) is 18.2 Å². The van der Waals surface area contributed by atoms with E-state index in [9.17, 15) is 9.59 Å². The molecule has 3 rings (SSSR count). The largest absolute Gasteiger partial charge is 0.371 e. The molecule has 2 aliphatic rings. The second-order valence-electron chi connectivity index (χ2n) is 8.25. The van der Waals surface area contributed by atoms with Gasteiger partial charge in [0.15, 0.2) is 0 Å². The van der Waals surface area contributed by atoms with Crippen LogP contribution in [0.3, 0.4) is 0 Å². The number of hydrogen-bond donors (Lipinski definition) is 1. The molecule has 6 heteroatoms. The van der Waals surface area contributed by atoms with Crippen LogP contribution in [0.4, 0.5) is 11.4 Å². The number of hydrogen-bond acceptors (Lipinski definition) is 3. The Morgan fingerprint density at radius 2 is 1.67 bits per heavy atom. The molecule has 0 bridgehead atoms. The van der Waals surface area contributed by atoms with Crippen LogP contribution in [0.2, 0.25) is 0 Å². The van der Waals surface area contributed by atoms with Gasteiger partial charge in [-0.05, 0) is 64.2 Å². The summed E-state index contributed by atoms with van der Waals surface area (Å²) < 4.78 is 0. The van der Waals surface area contributed by atoms with Crippen LogP contribution in [-0.2, 0) is 4.79 Å². The van der Waals surface area contributed by atoms with Crippen LogP contribution in [0.1, 0.15) is 56.3 Å². The second kappa shape index (κ2) is 8.51. The Kier molecular flexibility index (Phi) is 6.30. The summed E-state index contributed by atoms with van der Waals surface area (Å²) in [5.41, 5.74) is 1.68. The highest BCUT2D eigenvalue weighted by Crippen LogP contribution is 2.30. The zero-order chi connectivity index (χ0) is 19.4. The Hall–Kier alpha value is -1.75. The van der Waals surface area contributed by atoms with Crippen molar-refractivity contribution in [2.75, 3.05) is 42.3 Å². The van der Waals surface area contributed by atoms with Gasteiger partial charge in [0.05, 0.1) is 11.0 Å². The van der Waals surface area contributed by atoms with E-state index in [0.717, 1.165) is 57.5 Å². The first kappa shape index (κ1) is 20.0. The van der Waals surface area contributed by atoms with Crippen LogP contribution in [-0.4, -0.2) is 48.8 Å². The van der Waals surface area contributed by atoms with Gasteiger partial charge in [0, 0.05) is 43.4 Å². The maximum Gasteiger partial charge on any atom is 0.256 e. The van der Waals surface area contributed by atoms with Crippen molar-refractivity contribution in [2.24, 2.45) is 5.41 Å². The SMILES string of the molecule is CC(C)(CCl)C(=O)Nc1ccc(N2CCCCC2)c(C(=O)N2CCCC2)c1. The van der Waals surface area contributed by atoms with Crippen molar-refractivity contribution in [3.8, 4) is 0 Å². The van der Waals surface area contributed by atoms with Gasteiger partial charge in [0.25, 0.3) is 5.91 Å². The molecule has 148 valence electrons. The number of amides is 2. The minimum atomic E-state index is -0.660. The summed E-state index contributed by atoms with van der Waals surface area (Å²) in [6.45, 7) is 7.21. The van der Waals surface area contributed by atoms with E-state index >= 15 is 0 Å². The fourth-order valence-corrected chi connectivity index (χ4v) is 3.77. The van der Waals surface area contributed by atoms with Crippen LogP contribution in [0.25, 0.3) is 0 Å². The van der Waals surface area contributed by atoms with Crippen molar-refractivity contribution in [2.45, 2.75) is 46.0 Å². The summed E-state index contributed by atoms with van der Waals surface area (Å²) >= 11 is 5.92. The number of rotatable bonds is 5. The number of anilines is 2. The van der Waals surface area contributed by atoms with Gasteiger partial charge in [0.2, 0.25) is 5.91 Å². The molecule has 0 saturated carbocycles. The maximum atomic E-state index is 13.2. The Morgan fingerprint density at radius 1 is 1.04 bits per heavy atom. The van der Waals surface area contributed by atoms with Gasteiger partial charge in [-0.25, -0.2) is 0 Å². The van der Waals surface area contributed by atoms with Gasteiger partial charge in [-0.2, -0.15) is 0 Å². The van der Waals surface area contributed by atoms with E-state index in [4.69, 9.17) is 11.6 Å². The lowest BCUT2D eigenvalue weighted by atomic mass is 9.95. The minimum absolute atomic E-state index is 0.0702. The quantitative estimate of drug-likeness (QED) is 0.768. The molecule has 2 amide bonds. The number of piperidine rings is 1. The highest BCUT2D eigenvalue weighted by Gasteiger charge is 2.28. The average molecular weight is 392 g/mol. The first-order valence-electron chi connectivity index (χ1n) is 9.98. The first-order valence-corrected chi connectivity index (χ1v) is 10.5. The standard InChI is InChI=1S/C21H30ClN3O2/c1-21(2,15-22)20(27)23-16-8-9-18(24-10-4-3-5-11-24)17(14-16)19(26)25-12-6-7-13-25/h8-9,14H,3-7,10-13,15H2,1-2H3,(H,23,27). The summed E-state index contributed by atoms with van der Waals surface area (Å²) in [7, 11) is 0. The lowest BCUT2D eigenvalue weighted by Crippen LogP contribution is -2.34. The van der Waals surface area contributed by atoms with Crippen LogP contribution in [0.5, 0.6) is 0 Å². The molecule has 2 fully saturated rings. The zero-order valence-corrected chi connectivity index (χ0v) is 17.1. The van der Waals surface area contributed by atoms with Crippen LogP contribution >= 0.6 is 11.6 Å². The number of carbonyl (C=O) groups excluding carboxylic acids is 2. The molecule has 2 aliphatic heterocycles. The van der Waals surface area contributed by atoms with E-state index < -0.39 is 5.41 Å². The van der Waals surface area contributed by atoms with Gasteiger partial charge in [-0.1, -0.05) is 0 Å². The normalized spacial score (nSPS) is 17.9. The molecule has 0 aromatic heterocycles. The summed E-state index contributed by atoms with van der Waals surface area (Å²) in [5.74, 6) is 0.174. The summed E-state index contributed by atoms with van der Waals surface area (Å²) in [5, 5.41) is 2.94. The Balaban J connectivity index is 1.89. The molecule has 27 heavy (non-hydrogen) atoms. The van der Waals surface area contributed by atoms with Gasteiger partial charge < -0.3 is 15.1 Å². The van der Waals surface area contributed by atoms with E-state index in [-0.39, 0.29) is 17.7 Å². The van der Waals surface area contributed by atoms with Crippen molar-refractivity contribution in [1.82, 2.24) is 4.90 Å². The number of nitrogens with zero attached hydrogens (tertiary/aromatic N) is 2. The number of benzene rings is 1. The molecule has 0 aliphatic carbocycles. The predicted molar refractivity (Wildman–Crippen MR) is 111 cm³/mol. The van der Waals surface area contributed by atoms with Gasteiger partial charge in [0.1, 0.15) is 0 Å². The highest BCUT2D eigenvalue weighted by atomic mass is 35.5. The molecule has 2 saturated heterocycles. The molecule has 0 atom stereocenters. The van der Waals surface area contributed by atoms with Crippen molar-refractivity contribution in [3.05, 3.63) is 23.8 Å². The van der Waals surface area contributed by atoms with Crippen LogP contribution < -0.4 is 10.2 Å². The van der Waals surface area contributed by atoms with Crippen LogP contribution in [0, 0.1) is 5.41 Å². The molecule has 0 unspecified atom stereocenters. The minimum Gasteiger partial charge on any atom is -0.371 e. The molecule has 1 aromatic carbocycles. The average Bonchev–Trinajstić information content (AvgIpc) is 3.22. The number of nitrogens with one attached hydrogen (secondary N) is 1. The predicted octanol–water partition coefficient (Wildman–Crippen LogP) is 4.12. The van der Waals surface area contributed by atoms with E-state index in [2.05, 4.69) is 10.2 Å². The molecule has 5 nitrogen and oxygen atoms in total. The van der Waals surface area contributed by atoms with Crippen molar-refractivity contribution >= 4 is 34.8 Å². The summed E-state index contributed by atoms with van der Waals surface area (Å²) in [4.78, 5) is 29.9. The summed E-state index contributed by atoms with van der Waals surface area (Å²) in [6.07, 6.45) is 5.67. The fourth-order valence-electron chi connectivity index (χ4n) is 3.65. The number of carbonyl (C=O) groups is 2. The van der Waals surface area contributed by atoms with Crippen molar-refractivity contribution < 1.29 is 9.59 Å². The Morgan fingerprint density at radius 3 is 2.30 bits per heavy atom. The molecule has 1 aromatic rings. The smallest absolute Gasteiger partial charge is 0.256 e. The molecular weight excluding hydrogens is 362 g/mol. The topological polar surface area (TPSA) is 52.7 Å². The molecule has 0 spiro atoms. The Bertz CT molecular complexity index is 693. The number of likely N-dealkylation sites (tertiary alicyclic amines) is 1. The van der Waals surface area contributed by atoms with Crippen molar-refractivity contribution in [1.29, 1.82) is 0 Å². The van der Waals surface area contributed by atoms with Gasteiger partial charge in [-0.15, -0.1) is 11.6 Å². The lowest BCUT2D eigenvalue weighted by molar-refractivity contribution is -0.122. The third-order valence-corrected chi connectivity index (χ3v) is 6.19. The molecular formula is C21H30ClN3O2. The maximum absolute atomic E-state index is 13.2. The highest BCUT2D eigenvalue weighted by molar-refractivity contribution is 6.20. The first-order chi connectivity index (χ1) is 12.9. The van der Waals surface area contributed by atoms with Gasteiger partial charge in [-0.3, -0.25) is 9.59 Å². The Labute approximate surface area is 167 Å². The van der Waals surface area contributed by atoms with E-state index in [1.165, 1.54) is 6.42 Å². The molecule has 1 N–H and O–H groups in total. The summed E-state index contributed by atoms with van der Waals surface area (Å²) in [6, 6.07) is 5.72. The van der Waals surface area contributed by atoms with E-state index in [1.54, 1.807) is 0 Å². The second-order valence-corrected chi connectivity index (χ2v) is 8.52. The third kappa shape index (κ3) is 4.57. The van der Waals surface area contributed by atoms with E-state index in [0.29, 0.717) is 11.3 Å². The lowest BCUT2D eigenvalue weighted by Gasteiger charge is -2.31. The van der Waals surface area contributed by atoms with Crippen molar-refractivity contribution in [3.63, 3.8) is 0 Å². The van der Waals surface area contributed by atoms with E-state index in [1.807, 2.05) is 36.9 Å². The van der Waals surface area contributed by atoms with Gasteiger partial charge >= 0.3 is 0 Å². The fraction of sp³-hybridized carbons (Fsp3) is 0.619. The monoisotopic (exact) mass is 391 g/mol. The molecule has 0 radical (unpaired) electrons. The number of alkyl halides is 1. The zero-order valence-electron chi connectivity index (χ0n) is 16.4. The molecule has 2 heterocycles.